The van der Waals surface area contributed by atoms with E-state index in [9.17, 15) is 0 Å². The summed E-state index contributed by atoms with van der Waals surface area (Å²) in [7, 11) is 0. The number of hydrogen-bond acceptors (Lipinski definition) is 2. The SMILES string of the molecule is N#CCCc1cccc(C2CCNCC2)c1. The lowest BCUT2D eigenvalue weighted by Crippen LogP contribution is -2.26. The number of nitrogens with one attached hydrogen (secondary N) is 1. The molecule has 0 unspecified atom stereocenters. The summed E-state index contributed by atoms with van der Waals surface area (Å²) in [5.41, 5.74) is 2.76. The molecule has 1 aromatic rings. The van der Waals surface area contributed by atoms with E-state index in [1.165, 1.54) is 24.0 Å². The van der Waals surface area contributed by atoms with Gasteiger partial charge >= 0.3 is 0 Å². The van der Waals surface area contributed by atoms with Crippen molar-refractivity contribution in [1.29, 1.82) is 5.26 Å². The fraction of sp³-hybridized carbons (Fsp3) is 0.500. The Labute approximate surface area is 97.3 Å². The molecule has 2 rings (SSSR count). The predicted molar refractivity (Wildman–Crippen MR) is 65.2 cm³/mol. The van der Waals surface area contributed by atoms with Crippen molar-refractivity contribution in [3.63, 3.8) is 0 Å². The Hall–Kier alpha value is -1.33. The first-order valence-electron chi connectivity index (χ1n) is 6.06. The number of rotatable bonds is 3. The second kappa shape index (κ2) is 5.67. The molecule has 1 aliphatic heterocycles. The van der Waals surface area contributed by atoms with E-state index in [1.54, 1.807) is 0 Å². The molecular formula is C14H18N2. The first kappa shape index (κ1) is 11.2. The molecule has 0 radical (unpaired) electrons. The fourth-order valence-corrected chi connectivity index (χ4v) is 2.36. The smallest absolute Gasteiger partial charge is 0.0625 e. The zero-order chi connectivity index (χ0) is 11.2. The van der Waals surface area contributed by atoms with E-state index in [0.29, 0.717) is 12.3 Å². The molecule has 1 aromatic carbocycles. The number of benzene rings is 1. The standard InChI is InChI=1S/C14H18N2/c15-8-2-4-12-3-1-5-14(11-12)13-6-9-16-10-7-13/h1,3,5,11,13,16H,2,4,6-7,9-10H2. The summed E-state index contributed by atoms with van der Waals surface area (Å²) in [4.78, 5) is 0. The summed E-state index contributed by atoms with van der Waals surface area (Å²) in [6, 6.07) is 11.0. The van der Waals surface area contributed by atoms with E-state index in [2.05, 4.69) is 35.7 Å². The predicted octanol–water partition coefficient (Wildman–Crippen LogP) is 2.61. The second-order valence-electron chi connectivity index (χ2n) is 4.43. The molecule has 0 amide bonds. The molecule has 16 heavy (non-hydrogen) atoms. The average Bonchev–Trinajstić information content (AvgIpc) is 2.38. The number of aryl methyl sites for hydroxylation is 1. The Bertz CT molecular complexity index is 373. The number of nitriles is 1. The van der Waals surface area contributed by atoms with Crippen molar-refractivity contribution in [2.75, 3.05) is 13.1 Å². The summed E-state index contributed by atoms with van der Waals surface area (Å²) in [5.74, 6) is 0.711. The van der Waals surface area contributed by atoms with Crippen LogP contribution in [-0.4, -0.2) is 13.1 Å². The van der Waals surface area contributed by atoms with Crippen LogP contribution in [0.3, 0.4) is 0 Å². The van der Waals surface area contributed by atoms with Crippen LogP contribution in [-0.2, 0) is 6.42 Å². The lowest BCUT2D eigenvalue weighted by atomic mass is 9.89. The molecule has 0 spiro atoms. The molecule has 1 saturated heterocycles. The van der Waals surface area contributed by atoms with E-state index >= 15 is 0 Å². The number of piperidine rings is 1. The Morgan fingerprint density at radius 1 is 1.31 bits per heavy atom. The fourth-order valence-electron chi connectivity index (χ4n) is 2.36. The zero-order valence-corrected chi connectivity index (χ0v) is 9.58. The number of hydrogen-bond donors (Lipinski definition) is 1. The van der Waals surface area contributed by atoms with Crippen molar-refractivity contribution in [1.82, 2.24) is 5.32 Å². The summed E-state index contributed by atoms with van der Waals surface area (Å²) in [5, 5.41) is 12.0. The maximum Gasteiger partial charge on any atom is 0.0625 e. The van der Waals surface area contributed by atoms with Gasteiger partial charge in [-0.05, 0) is 49.4 Å². The lowest BCUT2D eigenvalue weighted by Gasteiger charge is -2.23. The quantitative estimate of drug-likeness (QED) is 0.839. The van der Waals surface area contributed by atoms with Crippen LogP contribution in [0, 0.1) is 11.3 Å². The topological polar surface area (TPSA) is 35.8 Å². The Morgan fingerprint density at radius 3 is 2.88 bits per heavy atom. The highest BCUT2D eigenvalue weighted by Crippen LogP contribution is 2.25. The molecule has 0 atom stereocenters. The third-order valence-corrected chi connectivity index (χ3v) is 3.29. The maximum atomic E-state index is 8.59. The molecule has 0 bridgehead atoms. The van der Waals surface area contributed by atoms with Crippen LogP contribution >= 0.6 is 0 Å². The van der Waals surface area contributed by atoms with E-state index in [-0.39, 0.29) is 0 Å². The van der Waals surface area contributed by atoms with Gasteiger partial charge in [0.05, 0.1) is 6.07 Å². The van der Waals surface area contributed by atoms with Gasteiger partial charge in [0, 0.05) is 6.42 Å². The van der Waals surface area contributed by atoms with Crippen LogP contribution in [0.25, 0.3) is 0 Å². The minimum Gasteiger partial charge on any atom is -0.317 e. The van der Waals surface area contributed by atoms with E-state index < -0.39 is 0 Å². The number of nitrogens with zero attached hydrogens (tertiary/aromatic N) is 1. The van der Waals surface area contributed by atoms with Gasteiger partial charge in [0.1, 0.15) is 0 Å². The normalized spacial score (nSPS) is 16.9. The molecule has 1 heterocycles. The Kier molecular flexibility index (Phi) is 3.96. The van der Waals surface area contributed by atoms with Gasteiger partial charge in [0.15, 0.2) is 0 Å². The maximum absolute atomic E-state index is 8.59. The summed E-state index contributed by atoms with van der Waals surface area (Å²) in [6.45, 7) is 2.26. The van der Waals surface area contributed by atoms with Crippen LogP contribution in [0.15, 0.2) is 24.3 Å². The van der Waals surface area contributed by atoms with Crippen LogP contribution in [0.1, 0.15) is 36.3 Å². The van der Waals surface area contributed by atoms with Gasteiger partial charge < -0.3 is 5.32 Å². The Morgan fingerprint density at radius 2 is 2.12 bits per heavy atom. The van der Waals surface area contributed by atoms with Crippen LogP contribution in [0.4, 0.5) is 0 Å². The molecule has 1 fully saturated rings. The molecule has 84 valence electrons. The molecule has 0 aliphatic carbocycles. The van der Waals surface area contributed by atoms with Crippen molar-refractivity contribution in [3.05, 3.63) is 35.4 Å². The van der Waals surface area contributed by atoms with E-state index in [0.717, 1.165) is 19.5 Å². The molecule has 1 N–H and O–H groups in total. The van der Waals surface area contributed by atoms with Gasteiger partial charge in [0.25, 0.3) is 0 Å². The first-order chi connectivity index (χ1) is 7.90. The Balaban J connectivity index is 2.06. The van der Waals surface area contributed by atoms with Gasteiger partial charge in [-0.15, -0.1) is 0 Å². The van der Waals surface area contributed by atoms with Crippen LogP contribution < -0.4 is 5.32 Å². The van der Waals surface area contributed by atoms with Crippen molar-refractivity contribution >= 4 is 0 Å². The summed E-state index contributed by atoms with van der Waals surface area (Å²) in [6.07, 6.45) is 3.98. The minimum atomic E-state index is 0.621. The third kappa shape index (κ3) is 2.84. The third-order valence-electron chi connectivity index (χ3n) is 3.29. The van der Waals surface area contributed by atoms with E-state index in [1.807, 2.05) is 0 Å². The van der Waals surface area contributed by atoms with Crippen LogP contribution in [0.2, 0.25) is 0 Å². The highest BCUT2D eigenvalue weighted by atomic mass is 14.9. The van der Waals surface area contributed by atoms with Crippen LogP contribution in [0.5, 0.6) is 0 Å². The molecule has 2 heteroatoms. The molecule has 0 saturated carbocycles. The molecular weight excluding hydrogens is 196 g/mol. The second-order valence-corrected chi connectivity index (χ2v) is 4.43. The van der Waals surface area contributed by atoms with E-state index in [4.69, 9.17) is 5.26 Å². The van der Waals surface area contributed by atoms with Gasteiger partial charge in [-0.25, -0.2) is 0 Å². The first-order valence-corrected chi connectivity index (χ1v) is 6.06. The lowest BCUT2D eigenvalue weighted by molar-refractivity contribution is 0.460. The van der Waals surface area contributed by atoms with Gasteiger partial charge in [-0.3, -0.25) is 0 Å². The van der Waals surface area contributed by atoms with Gasteiger partial charge in [-0.1, -0.05) is 24.3 Å². The largest absolute Gasteiger partial charge is 0.317 e. The monoisotopic (exact) mass is 214 g/mol. The van der Waals surface area contributed by atoms with Crippen molar-refractivity contribution in [2.24, 2.45) is 0 Å². The highest BCUT2D eigenvalue weighted by Gasteiger charge is 2.14. The van der Waals surface area contributed by atoms with Crippen molar-refractivity contribution in [3.8, 4) is 6.07 Å². The molecule has 0 aromatic heterocycles. The van der Waals surface area contributed by atoms with Gasteiger partial charge in [-0.2, -0.15) is 5.26 Å². The molecule has 1 aliphatic rings. The average molecular weight is 214 g/mol. The summed E-state index contributed by atoms with van der Waals surface area (Å²) >= 11 is 0. The van der Waals surface area contributed by atoms with Gasteiger partial charge in [0.2, 0.25) is 0 Å². The van der Waals surface area contributed by atoms with Crippen molar-refractivity contribution < 1.29 is 0 Å². The van der Waals surface area contributed by atoms with Crippen molar-refractivity contribution in [2.45, 2.75) is 31.6 Å². The summed E-state index contributed by atoms with van der Waals surface area (Å²) < 4.78 is 0. The highest BCUT2D eigenvalue weighted by molar-refractivity contribution is 5.27. The minimum absolute atomic E-state index is 0.621. The zero-order valence-electron chi connectivity index (χ0n) is 9.58. The molecule has 2 nitrogen and oxygen atoms in total.